The number of rotatable bonds is 5. The van der Waals surface area contributed by atoms with Crippen LogP contribution in [0, 0.1) is 6.92 Å². The number of aromatic nitrogens is 1. The molecule has 5 nitrogen and oxygen atoms in total. The van der Waals surface area contributed by atoms with Crippen LogP contribution in [0.15, 0.2) is 24.3 Å². The zero-order chi connectivity index (χ0) is 19.7. The molecular weight excluding hydrogens is 437 g/mol. The summed E-state index contributed by atoms with van der Waals surface area (Å²) in [6.07, 6.45) is 0. The summed E-state index contributed by atoms with van der Waals surface area (Å²) < 4.78 is 7.04. The minimum Gasteiger partial charge on any atom is -0.379 e. The summed E-state index contributed by atoms with van der Waals surface area (Å²) in [5.74, 6) is -0.0760. The van der Waals surface area contributed by atoms with E-state index in [-0.39, 0.29) is 5.91 Å². The van der Waals surface area contributed by atoms with E-state index in [2.05, 4.69) is 4.90 Å². The Hall–Kier alpha value is -1.22. The third kappa shape index (κ3) is 4.20. The quantitative estimate of drug-likeness (QED) is 0.545. The summed E-state index contributed by atoms with van der Waals surface area (Å²) in [5, 5.41) is 1.36. The fraction of sp³-hybridized carbons (Fsp3) is 0.368. The number of carbonyl (C=O) groups excluding carboxylic acids is 1. The summed E-state index contributed by atoms with van der Waals surface area (Å²) >= 11 is 15.1. The first-order valence-corrected chi connectivity index (χ1v) is 11.3. The molecule has 1 amide bonds. The first-order valence-electron chi connectivity index (χ1n) is 8.96. The lowest BCUT2D eigenvalue weighted by atomic mass is 10.2. The largest absolute Gasteiger partial charge is 0.379 e. The SMILES string of the molecule is Cc1c(Cl)ccc2sc(N(CCN3CCOCC3)C(=O)c3ccc(Cl)s3)nc12. The topological polar surface area (TPSA) is 45.7 Å². The van der Waals surface area contributed by atoms with Crippen LogP contribution in [0.5, 0.6) is 0 Å². The second-order valence-electron chi connectivity index (χ2n) is 6.53. The maximum atomic E-state index is 13.2. The minimum atomic E-state index is -0.0760. The lowest BCUT2D eigenvalue weighted by Gasteiger charge is -2.29. The van der Waals surface area contributed by atoms with Crippen LogP contribution in [-0.2, 0) is 4.74 Å². The molecule has 2 aromatic heterocycles. The molecule has 9 heteroatoms. The van der Waals surface area contributed by atoms with Gasteiger partial charge in [0.1, 0.15) is 0 Å². The third-order valence-electron chi connectivity index (χ3n) is 4.74. The second-order valence-corrected chi connectivity index (χ2v) is 9.66. The molecule has 28 heavy (non-hydrogen) atoms. The molecule has 3 aromatic rings. The van der Waals surface area contributed by atoms with Crippen LogP contribution in [0.4, 0.5) is 5.13 Å². The molecule has 148 valence electrons. The standard InChI is InChI=1S/C19H19Cl2N3O2S2/c1-12-13(20)2-3-14-17(12)22-19(28-14)24(7-6-23-8-10-26-11-9-23)18(25)15-4-5-16(21)27-15/h2-5H,6-11H2,1H3. The van der Waals surface area contributed by atoms with Crippen molar-refractivity contribution < 1.29 is 9.53 Å². The van der Waals surface area contributed by atoms with Gasteiger partial charge < -0.3 is 4.74 Å². The van der Waals surface area contributed by atoms with Crippen molar-refractivity contribution >= 4 is 67.1 Å². The monoisotopic (exact) mass is 455 g/mol. The summed E-state index contributed by atoms with van der Waals surface area (Å²) in [5.41, 5.74) is 1.78. The van der Waals surface area contributed by atoms with Crippen molar-refractivity contribution in [3.05, 3.63) is 44.1 Å². The van der Waals surface area contributed by atoms with Gasteiger partial charge in [0.05, 0.1) is 32.6 Å². The van der Waals surface area contributed by atoms with Crippen molar-refractivity contribution in [1.29, 1.82) is 0 Å². The van der Waals surface area contributed by atoms with Crippen LogP contribution < -0.4 is 4.90 Å². The van der Waals surface area contributed by atoms with Crippen molar-refractivity contribution in [2.24, 2.45) is 0 Å². The van der Waals surface area contributed by atoms with Crippen LogP contribution in [0.3, 0.4) is 0 Å². The molecule has 1 aromatic carbocycles. The Morgan fingerprint density at radius 1 is 1.21 bits per heavy atom. The first kappa shape index (κ1) is 20.1. The maximum Gasteiger partial charge on any atom is 0.270 e. The zero-order valence-electron chi connectivity index (χ0n) is 15.3. The van der Waals surface area contributed by atoms with E-state index in [4.69, 9.17) is 32.9 Å². The van der Waals surface area contributed by atoms with E-state index in [1.807, 2.05) is 19.1 Å². The number of nitrogens with zero attached hydrogens (tertiary/aromatic N) is 3. The molecule has 0 bridgehead atoms. The molecule has 4 rings (SSSR count). The van der Waals surface area contributed by atoms with E-state index >= 15 is 0 Å². The number of amides is 1. The molecule has 0 atom stereocenters. The van der Waals surface area contributed by atoms with Crippen molar-refractivity contribution in [3.8, 4) is 0 Å². The predicted octanol–water partition coefficient (Wildman–Crippen LogP) is 4.95. The number of morpholine rings is 1. The van der Waals surface area contributed by atoms with Crippen molar-refractivity contribution in [2.75, 3.05) is 44.3 Å². The van der Waals surface area contributed by atoms with E-state index in [0.29, 0.717) is 25.9 Å². The van der Waals surface area contributed by atoms with E-state index in [1.165, 1.54) is 22.7 Å². The number of ether oxygens (including phenoxy) is 1. The van der Waals surface area contributed by atoms with Crippen molar-refractivity contribution in [3.63, 3.8) is 0 Å². The van der Waals surface area contributed by atoms with Gasteiger partial charge in [0.25, 0.3) is 5.91 Å². The molecule has 0 unspecified atom stereocenters. The third-order valence-corrected chi connectivity index (χ3v) is 7.41. The lowest BCUT2D eigenvalue weighted by Crippen LogP contribution is -2.43. The van der Waals surface area contributed by atoms with E-state index < -0.39 is 0 Å². The normalized spacial score (nSPS) is 15.2. The minimum absolute atomic E-state index is 0.0760. The predicted molar refractivity (Wildman–Crippen MR) is 118 cm³/mol. The lowest BCUT2D eigenvalue weighted by molar-refractivity contribution is 0.0391. The molecule has 3 heterocycles. The van der Waals surface area contributed by atoms with Crippen molar-refractivity contribution in [1.82, 2.24) is 9.88 Å². The summed E-state index contributed by atoms with van der Waals surface area (Å²) in [4.78, 5) is 22.7. The fourth-order valence-electron chi connectivity index (χ4n) is 3.12. The summed E-state index contributed by atoms with van der Waals surface area (Å²) in [6.45, 7) is 6.49. The molecule has 1 aliphatic rings. The van der Waals surface area contributed by atoms with Crippen LogP contribution >= 0.6 is 45.9 Å². The van der Waals surface area contributed by atoms with Crippen molar-refractivity contribution in [2.45, 2.75) is 6.92 Å². The molecule has 1 saturated heterocycles. The summed E-state index contributed by atoms with van der Waals surface area (Å²) in [6, 6.07) is 7.35. The Morgan fingerprint density at radius 2 is 2.00 bits per heavy atom. The van der Waals surface area contributed by atoms with Gasteiger partial charge in [-0.05, 0) is 36.8 Å². The zero-order valence-corrected chi connectivity index (χ0v) is 18.4. The smallest absolute Gasteiger partial charge is 0.270 e. The maximum absolute atomic E-state index is 13.2. The number of carbonyl (C=O) groups is 1. The van der Waals surface area contributed by atoms with Crippen LogP contribution in [-0.4, -0.2) is 55.2 Å². The highest BCUT2D eigenvalue weighted by molar-refractivity contribution is 7.22. The van der Waals surface area contributed by atoms with Gasteiger partial charge in [-0.3, -0.25) is 14.6 Å². The number of hydrogen-bond acceptors (Lipinski definition) is 6. The van der Waals surface area contributed by atoms with Gasteiger partial charge in [-0.1, -0.05) is 34.5 Å². The Bertz CT molecular complexity index is 998. The summed E-state index contributed by atoms with van der Waals surface area (Å²) in [7, 11) is 0. The molecule has 0 N–H and O–H groups in total. The molecule has 0 saturated carbocycles. The number of thiophene rings is 1. The molecule has 0 spiro atoms. The Labute approximate surface area is 181 Å². The highest BCUT2D eigenvalue weighted by Gasteiger charge is 2.24. The van der Waals surface area contributed by atoms with E-state index in [9.17, 15) is 4.79 Å². The number of aryl methyl sites for hydroxylation is 1. The number of anilines is 1. The van der Waals surface area contributed by atoms with E-state index in [0.717, 1.165) is 48.6 Å². The number of thiazole rings is 1. The van der Waals surface area contributed by atoms with E-state index in [1.54, 1.807) is 17.0 Å². The highest BCUT2D eigenvalue weighted by Crippen LogP contribution is 2.34. The number of benzene rings is 1. The van der Waals surface area contributed by atoms with Gasteiger partial charge >= 0.3 is 0 Å². The molecule has 0 radical (unpaired) electrons. The Morgan fingerprint density at radius 3 is 2.71 bits per heavy atom. The van der Waals surface area contributed by atoms with Crippen LogP contribution in [0.2, 0.25) is 9.36 Å². The van der Waals surface area contributed by atoms with Gasteiger partial charge in [-0.25, -0.2) is 4.98 Å². The Kier molecular flexibility index (Phi) is 6.20. The van der Waals surface area contributed by atoms with Crippen LogP contribution in [0.1, 0.15) is 15.2 Å². The molecule has 0 aliphatic carbocycles. The second kappa shape index (κ2) is 8.65. The molecular formula is C19H19Cl2N3O2S2. The van der Waals surface area contributed by atoms with Gasteiger partial charge in [0.2, 0.25) is 0 Å². The number of fused-ring (bicyclic) bond motifs is 1. The highest BCUT2D eigenvalue weighted by atomic mass is 35.5. The average molecular weight is 456 g/mol. The average Bonchev–Trinajstić information content (AvgIpc) is 3.32. The Balaban J connectivity index is 1.65. The van der Waals surface area contributed by atoms with Crippen LogP contribution in [0.25, 0.3) is 10.2 Å². The molecule has 1 fully saturated rings. The number of hydrogen-bond donors (Lipinski definition) is 0. The molecule has 1 aliphatic heterocycles. The first-order chi connectivity index (χ1) is 13.5. The van der Waals surface area contributed by atoms with Gasteiger partial charge in [-0.2, -0.15) is 0 Å². The van der Waals surface area contributed by atoms with Gasteiger partial charge in [-0.15, -0.1) is 11.3 Å². The van der Waals surface area contributed by atoms with Gasteiger partial charge in [0.15, 0.2) is 5.13 Å². The fourth-order valence-corrected chi connectivity index (χ4v) is 5.31. The number of halogens is 2. The van der Waals surface area contributed by atoms with Gasteiger partial charge in [0, 0.05) is 31.2 Å².